The Morgan fingerprint density at radius 3 is 1.40 bits per heavy atom. The normalized spacial score (nSPS) is 14.2. The zero-order chi connectivity index (χ0) is 18.1. The van der Waals surface area contributed by atoms with Gasteiger partial charge in [0.1, 0.15) is 11.5 Å². The van der Waals surface area contributed by atoms with E-state index in [1.54, 1.807) is 0 Å². The standard InChI is InChI=1S/C20H28O4Si/c1-3-15-23-25(24-16-4-2,19(21)17-11-7-5-8-12-17)20(22)18-13-9-6-10-14-18/h5-14,19-22H,3-4,15-16H2,1-2H3. The Labute approximate surface area is 151 Å². The number of hydrogen-bond acceptors (Lipinski definition) is 4. The molecule has 0 aliphatic carbocycles. The van der Waals surface area contributed by atoms with Gasteiger partial charge >= 0.3 is 8.56 Å². The van der Waals surface area contributed by atoms with Crippen LogP contribution in [0, 0.1) is 0 Å². The summed E-state index contributed by atoms with van der Waals surface area (Å²) in [6, 6.07) is 18.6. The Bertz CT molecular complexity index is 550. The van der Waals surface area contributed by atoms with Gasteiger partial charge in [0.05, 0.1) is 0 Å². The molecule has 25 heavy (non-hydrogen) atoms. The summed E-state index contributed by atoms with van der Waals surface area (Å²) in [6.45, 7) is 4.87. The van der Waals surface area contributed by atoms with Crippen molar-refractivity contribution in [3.8, 4) is 0 Å². The molecular weight excluding hydrogens is 332 g/mol. The van der Waals surface area contributed by atoms with Crippen molar-refractivity contribution in [2.45, 2.75) is 38.1 Å². The Morgan fingerprint density at radius 2 is 1.08 bits per heavy atom. The SMILES string of the molecule is CCCO[Si](OCCC)(C(O)c1ccccc1)C(O)c1ccccc1. The predicted octanol–water partition coefficient (Wildman–Crippen LogP) is 3.83. The quantitative estimate of drug-likeness (QED) is 0.632. The van der Waals surface area contributed by atoms with Crippen molar-refractivity contribution in [3.63, 3.8) is 0 Å². The van der Waals surface area contributed by atoms with Crippen LogP contribution < -0.4 is 0 Å². The Hall–Kier alpha value is -1.50. The second kappa shape index (κ2) is 9.84. The van der Waals surface area contributed by atoms with Crippen molar-refractivity contribution < 1.29 is 19.1 Å². The first-order valence-corrected chi connectivity index (χ1v) is 10.9. The van der Waals surface area contributed by atoms with Crippen molar-refractivity contribution >= 4 is 8.56 Å². The van der Waals surface area contributed by atoms with Crippen LogP contribution in [0.5, 0.6) is 0 Å². The van der Waals surface area contributed by atoms with Gasteiger partial charge in [0.2, 0.25) is 0 Å². The van der Waals surface area contributed by atoms with E-state index in [9.17, 15) is 10.2 Å². The van der Waals surface area contributed by atoms with Gasteiger partial charge in [-0.25, -0.2) is 0 Å². The number of benzene rings is 2. The molecule has 2 aromatic rings. The molecule has 136 valence electrons. The fourth-order valence-electron chi connectivity index (χ4n) is 2.77. The molecule has 0 bridgehead atoms. The van der Waals surface area contributed by atoms with Crippen molar-refractivity contribution in [3.05, 3.63) is 71.8 Å². The lowest BCUT2D eigenvalue weighted by atomic mass is 10.2. The lowest BCUT2D eigenvalue weighted by Gasteiger charge is -2.38. The molecule has 0 saturated carbocycles. The number of aliphatic hydroxyl groups is 2. The van der Waals surface area contributed by atoms with E-state index in [0.717, 1.165) is 12.8 Å². The zero-order valence-electron chi connectivity index (χ0n) is 15.0. The van der Waals surface area contributed by atoms with Crippen LogP contribution in [0.4, 0.5) is 0 Å². The van der Waals surface area contributed by atoms with Gasteiger partial charge in [-0.05, 0) is 24.0 Å². The second-order valence-electron chi connectivity index (χ2n) is 6.04. The van der Waals surface area contributed by atoms with Crippen LogP contribution in [-0.2, 0) is 8.85 Å². The highest BCUT2D eigenvalue weighted by Crippen LogP contribution is 2.37. The molecule has 2 unspecified atom stereocenters. The minimum Gasteiger partial charge on any atom is -0.391 e. The smallest absolute Gasteiger partial charge is 0.391 e. The lowest BCUT2D eigenvalue weighted by molar-refractivity contribution is 0.0556. The molecule has 0 amide bonds. The van der Waals surface area contributed by atoms with E-state index >= 15 is 0 Å². The van der Waals surface area contributed by atoms with Crippen molar-refractivity contribution in [2.24, 2.45) is 0 Å². The molecule has 2 atom stereocenters. The molecule has 0 aromatic heterocycles. The van der Waals surface area contributed by atoms with E-state index < -0.39 is 20.0 Å². The maximum absolute atomic E-state index is 11.2. The van der Waals surface area contributed by atoms with Crippen LogP contribution in [0.15, 0.2) is 60.7 Å². The van der Waals surface area contributed by atoms with Crippen LogP contribution >= 0.6 is 0 Å². The minimum absolute atomic E-state index is 0.434. The Morgan fingerprint density at radius 1 is 0.720 bits per heavy atom. The van der Waals surface area contributed by atoms with Gasteiger partial charge < -0.3 is 19.1 Å². The molecule has 2 N–H and O–H groups in total. The fourth-order valence-corrected chi connectivity index (χ4v) is 6.14. The molecule has 0 radical (unpaired) electrons. The molecule has 0 aliphatic heterocycles. The zero-order valence-corrected chi connectivity index (χ0v) is 16.0. The first kappa shape index (κ1) is 19.8. The average molecular weight is 361 g/mol. The van der Waals surface area contributed by atoms with Crippen molar-refractivity contribution in [1.29, 1.82) is 0 Å². The molecule has 2 aromatic carbocycles. The topological polar surface area (TPSA) is 58.9 Å². The lowest BCUT2D eigenvalue weighted by Crippen LogP contribution is -2.54. The maximum atomic E-state index is 11.2. The largest absolute Gasteiger partial charge is 0.406 e. The summed E-state index contributed by atoms with van der Waals surface area (Å²) < 4.78 is 12.3. The van der Waals surface area contributed by atoms with Gasteiger partial charge in [-0.1, -0.05) is 74.5 Å². The fraction of sp³-hybridized carbons (Fsp3) is 0.400. The van der Waals surface area contributed by atoms with Crippen LogP contribution in [-0.4, -0.2) is 32.0 Å². The molecule has 0 heterocycles. The summed E-state index contributed by atoms with van der Waals surface area (Å²) in [5.41, 5.74) is -0.559. The van der Waals surface area contributed by atoms with Crippen LogP contribution in [0.3, 0.4) is 0 Å². The summed E-state index contributed by atoms with van der Waals surface area (Å²) in [6.07, 6.45) is 1.57. The summed E-state index contributed by atoms with van der Waals surface area (Å²) in [5.74, 6) is 0. The third-order valence-corrected chi connectivity index (χ3v) is 7.56. The monoisotopic (exact) mass is 360 g/mol. The molecule has 0 aliphatic rings. The highest BCUT2D eigenvalue weighted by Gasteiger charge is 2.53. The van der Waals surface area contributed by atoms with Crippen molar-refractivity contribution in [1.82, 2.24) is 0 Å². The van der Waals surface area contributed by atoms with Gasteiger partial charge in [0, 0.05) is 13.2 Å². The minimum atomic E-state index is -3.41. The van der Waals surface area contributed by atoms with E-state index in [4.69, 9.17) is 8.85 Å². The molecule has 2 rings (SSSR count). The van der Waals surface area contributed by atoms with E-state index in [0.29, 0.717) is 24.3 Å². The molecular formula is C20H28O4Si. The third-order valence-electron chi connectivity index (χ3n) is 4.06. The first-order chi connectivity index (χ1) is 12.2. The van der Waals surface area contributed by atoms with Crippen LogP contribution in [0.2, 0.25) is 0 Å². The molecule has 0 saturated heterocycles. The van der Waals surface area contributed by atoms with Crippen LogP contribution in [0.1, 0.15) is 49.3 Å². The molecule has 5 heteroatoms. The highest BCUT2D eigenvalue weighted by molar-refractivity contribution is 6.69. The third kappa shape index (κ3) is 4.77. The van der Waals surface area contributed by atoms with Crippen LogP contribution in [0.25, 0.3) is 0 Å². The first-order valence-electron chi connectivity index (χ1n) is 8.89. The van der Waals surface area contributed by atoms with E-state index in [1.807, 2.05) is 74.5 Å². The van der Waals surface area contributed by atoms with Gasteiger partial charge in [-0.3, -0.25) is 0 Å². The van der Waals surface area contributed by atoms with Gasteiger partial charge in [0.15, 0.2) is 0 Å². The van der Waals surface area contributed by atoms with Gasteiger partial charge in [-0.15, -0.1) is 0 Å². The highest BCUT2D eigenvalue weighted by atomic mass is 28.4. The van der Waals surface area contributed by atoms with E-state index in [2.05, 4.69) is 0 Å². The Balaban J connectivity index is 2.46. The summed E-state index contributed by atoms with van der Waals surface area (Å²) in [5, 5.41) is 22.3. The average Bonchev–Trinajstić information content (AvgIpc) is 2.69. The molecule has 0 spiro atoms. The van der Waals surface area contributed by atoms with Gasteiger partial charge in [-0.2, -0.15) is 0 Å². The summed E-state index contributed by atoms with van der Waals surface area (Å²) >= 11 is 0. The van der Waals surface area contributed by atoms with E-state index in [-0.39, 0.29) is 0 Å². The summed E-state index contributed by atoms with van der Waals surface area (Å²) in [7, 11) is -3.41. The molecule has 4 nitrogen and oxygen atoms in total. The summed E-state index contributed by atoms with van der Waals surface area (Å²) in [4.78, 5) is 0. The van der Waals surface area contributed by atoms with Gasteiger partial charge in [0.25, 0.3) is 0 Å². The number of hydrogen-bond donors (Lipinski definition) is 2. The number of rotatable bonds is 10. The predicted molar refractivity (Wildman–Crippen MR) is 101 cm³/mol. The van der Waals surface area contributed by atoms with Crippen molar-refractivity contribution in [2.75, 3.05) is 13.2 Å². The maximum Gasteiger partial charge on any atom is 0.406 e. The second-order valence-corrected chi connectivity index (χ2v) is 9.16. The Kier molecular flexibility index (Phi) is 7.80. The van der Waals surface area contributed by atoms with E-state index in [1.165, 1.54) is 0 Å². The molecule has 0 fully saturated rings. The number of aliphatic hydroxyl groups excluding tert-OH is 2.